The standard InChI is InChI=1S/C32H31N3O4S/c1-38-28-15-10-21(20-29(28)39-2)16-17-33-18-19-40-23-13-11-22(12-14-23)34-32(37)26-8-5-7-25-30(26)35-27-9-4-3-6-24(27)31(25)36/h3-15,20,33H,16-19H2,1-2H3,(H,34,37)(H,35,36). The van der Waals surface area contributed by atoms with Gasteiger partial charge in [0.2, 0.25) is 0 Å². The van der Waals surface area contributed by atoms with Gasteiger partial charge < -0.3 is 25.1 Å². The van der Waals surface area contributed by atoms with Gasteiger partial charge in [0, 0.05) is 39.2 Å². The van der Waals surface area contributed by atoms with E-state index in [1.807, 2.05) is 54.6 Å². The van der Waals surface area contributed by atoms with Gasteiger partial charge in [-0.2, -0.15) is 0 Å². The third-order valence-corrected chi connectivity index (χ3v) is 7.70. The number of H-pyrrole nitrogens is 1. The number of methoxy groups -OCH3 is 2. The van der Waals surface area contributed by atoms with E-state index in [2.05, 4.69) is 21.7 Å². The zero-order valence-electron chi connectivity index (χ0n) is 22.5. The number of benzene rings is 4. The Hall–Kier alpha value is -4.27. The first-order chi connectivity index (χ1) is 19.6. The minimum absolute atomic E-state index is 0.0872. The molecule has 5 rings (SSSR count). The molecule has 0 aliphatic heterocycles. The van der Waals surface area contributed by atoms with Crippen LogP contribution >= 0.6 is 11.8 Å². The Kier molecular flexibility index (Phi) is 8.68. The van der Waals surface area contributed by atoms with Crippen LogP contribution in [0.25, 0.3) is 21.8 Å². The average molecular weight is 554 g/mol. The van der Waals surface area contributed by atoms with Crippen LogP contribution in [-0.4, -0.2) is 44.0 Å². The smallest absolute Gasteiger partial charge is 0.257 e. The predicted octanol–water partition coefficient (Wildman–Crippen LogP) is 5.88. The summed E-state index contributed by atoms with van der Waals surface area (Å²) in [5, 5.41) is 7.54. The fourth-order valence-electron chi connectivity index (χ4n) is 4.60. The molecule has 0 radical (unpaired) electrons. The first kappa shape index (κ1) is 27.3. The second kappa shape index (κ2) is 12.7. The molecular formula is C32H31N3O4S. The second-order valence-corrected chi connectivity index (χ2v) is 10.4. The molecule has 0 spiro atoms. The maximum absolute atomic E-state index is 13.1. The van der Waals surface area contributed by atoms with Crippen molar-refractivity contribution in [3.8, 4) is 11.5 Å². The summed E-state index contributed by atoms with van der Waals surface area (Å²) in [6.07, 6.45) is 0.903. The highest BCUT2D eigenvalue weighted by atomic mass is 32.2. The van der Waals surface area contributed by atoms with E-state index in [9.17, 15) is 9.59 Å². The van der Waals surface area contributed by atoms with E-state index in [1.54, 1.807) is 50.2 Å². The number of aromatic nitrogens is 1. The molecule has 0 saturated carbocycles. The number of carbonyl (C=O) groups excluding carboxylic acids is 1. The van der Waals surface area contributed by atoms with Crippen LogP contribution < -0.4 is 25.5 Å². The zero-order chi connectivity index (χ0) is 27.9. The Morgan fingerprint density at radius 1 is 0.850 bits per heavy atom. The summed E-state index contributed by atoms with van der Waals surface area (Å²) in [6.45, 7) is 1.75. The topological polar surface area (TPSA) is 92.5 Å². The number of pyridine rings is 1. The van der Waals surface area contributed by atoms with E-state index >= 15 is 0 Å². The van der Waals surface area contributed by atoms with Crippen molar-refractivity contribution in [3.63, 3.8) is 0 Å². The van der Waals surface area contributed by atoms with Crippen LogP contribution in [0.15, 0.2) is 94.6 Å². The number of nitrogens with one attached hydrogen (secondary N) is 3. The number of amides is 1. The first-order valence-electron chi connectivity index (χ1n) is 13.1. The maximum atomic E-state index is 13.1. The summed E-state index contributed by atoms with van der Waals surface area (Å²) in [4.78, 5) is 30.5. The van der Waals surface area contributed by atoms with Crippen molar-refractivity contribution in [1.29, 1.82) is 0 Å². The molecule has 5 aromatic rings. The molecular weight excluding hydrogens is 522 g/mol. The molecule has 0 bridgehead atoms. The molecule has 4 aromatic carbocycles. The minimum atomic E-state index is -0.268. The van der Waals surface area contributed by atoms with Crippen molar-refractivity contribution in [2.75, 3.05) is 38.4 Å². The lowest BCUT2D eigenvalue weighted by Gasteiger charge is -2.10. The van der Waals surface area contributed by atoms with E-state index in [4.69, 9.17) is 9.47 Å². The number of thioether (sulfide) groups is 1. The van der Waals surface area contributed by atoms with E-state index in [0.29, 0.717) is 33.1 Å². The number of para-hydroxylation sites is 2. The van der Waals surface area contributed by atoms with E-state index in [-0.39, 0.29) is 11.3 Å². The molecule has 0 aliphatic carbocycles. The van der Waals surface area contributed by atoms with Crippen LogP contribution in [0.3, 0.4) is 0 Å². The Morgan fingerprint density at radius 2 is 1.62 bits per heavy atom. The molecule has 0 saturated heterocycles. The summed E-state index contributed by atoms with van der Waals surface area (Å²) in [5.41, 5.74) is 3.47. The van der Waals surface area contributed by atoms with Crippen molar-refractivity contribution in [1.82, 2.24) is 10.3 Å². The van der Waals surface area contributed by atoms with Crippen molar-refractivity contribution in [3.05, 3.63) is 106 Å². The van der Waals surface area contributed by atoms with E-state index in [0.717, 1.165) is 41.7 Å². The van der Waals surface area contributed by atoms with Gasteiger partial charge in [-0.3, -0.25) is 9.59 Å². The summed E-state index contributed by atoms with van der Waals surface area (Å²) in [5.74, 6) is 2.14. The van der Waals surface area contributed by atoms with Gasteiger partial charge in [0.1, 0.15) is 0 Å². The molecule has 204 valence electrons. The SMILES string of the molecule is COc1ccc(CCNCCSc2ccc(NC(=O)c3cccc4c(=O)c5ccccc5[nH]c34)cc2)cc1OC. The number of fused-ring (bicyclic) bond motifs is 2. The van der Waals surface area contributed by atoms with E-state index in [1.165, 1.54) is 5.56 Å². The maximum Gasteiger partial charge on any atom is 0.257 e. The molecule has 40 heavy (non-hydrogen) atoms. The summed E-state index contributed by atoms with van der Waals surface area (Å²) >= 11 is 1.75. The molecule has 3 N–H and O–H groups in total. The lowest BCUT2D eigenvalue weighted by atomic mass is 10.1. The van der Waals surface area contributed by atoms with Gasteiger partial charge in [-0.15, -0.1) is 11.8 Å². The quantitative estimate of drug-likeness (QED) is 0.108. The molecule has 0 unspecified atom stereocenters. The van der Waals surface area contributed by atoms with Crippen LogP contribution in [0, 0.1) is 0 Å². The molecule has 1 heterocycles. The van der Waals surface area contributed by atoms with Gasteiger partial charge in [-0.05, 0) is 79.2 Å². The molecule has 0 aliphatic rings. The Morgan fingerprint density at radius 3 is 2.42 bits per heavy atom. The van der Waals surface area contributed by atoms with Crippen molar-refractivity contribution >= 4 is 45.2 Å². The minimum Gasteiger partial charge on any atom is -0.493 e. The Bertz CT molecular complexity index is 1700. The van der Waals surface area contributed by atoms with Crippen LogP contribution in [-0.2, 0) is 6.42 Å². The predicted molar refractivity (Wildman–Crippen MR) is 163 cm³/mol. The molecule has 8 heteroatoms. The van der Waals surface area contributed by atoms with Gasteiger partial charge in [0.25, 0.3) is 5.91 Å². The number of carbonyl (C=O) groups is 1. The fraction of sp³-hybridized carbons (Fsp3) is 0.188. The molecule has 0 fully saturated rings. The Labute approximate surface area is 236 Å². The highest BCUT2D eigenvalue weighted by Crippen LogP contribution is 2.27. The van der Waals surface area contributed by atoms with Crippen molar-refractivity contribution in [2.45, 2.75) is 11.3 Å². The van der Waals surface area contributed by atoms with Gasteiger partial charge in [0.15, 0.2) is 16.9 Å². The van der Waals surface area contributed by atoms with E-state index < -0.39 is 0 Å². The third kappa shape index (κ3) is 6.14. The largest absolute Gasteiger partial charge is 0.493 e. The molecule has 0 atom stereocenters. The van der Waals surface area contributed by atoms with Crippen LogP contribution in [0.4, 0.5) is 5.69 Å². The number of aromatic amines is 1. The number of anilines is 1. The average Bonchev–Trinajstić information content (AvgIpc) is 2.99. The number of hydrogen-bond acceptors (Lipinski definition) is 6. The number of ether oxygens (including phenoxy) is 2. The fourth-order valence-corrected chi connectivity index (χ4v) is 5.41. The lowest BCUT2D eigenvalue weighted by Crippen LogP contribution is -2.20. The lowest BCUT2D eigenvalue weighted by molar-refractivity contribution is 0.102. The van der Waals surface area contributed by atoms with Gasteiger partial charge in [0.05, 0.1) is 25.3 Å². The normalized spacial score (nSPS) is 11.1. The first-order valence-corrected chi connectivity index (χ1v) is 14.1. The molecule has 1 aromatic heterocycles. The highest BCUT2D eigenvalue weighted by Gasteiger charge is 2.14. The van der Waals surface area contributed by atoms with Crippen molar-refractivity contribution < 1.29 is 14.3 Å². The highest BCUT2D eigenvalue weighted by molar-refractivity contribution is 7.99. The summed E-state index contributed by atoms with van der Waals surface area (Å²) in [6, 6.07) is 26.3. The van der Waals surface area contributed by atoms with Gasteiger partial charge >= 0.3 is 0 Å². The number of hydrogen-bond donors (Lipinski definition) is 3. The molecule has 7 nitrogen and oxygen atoms in total. The van der Waals surface area contributed by atoms with Crippen LogP contribution in [0.5, 0.6) is 11.5 Å². The summed E-state index contributed by atoms with van der Waals surface area (Å²) in [7, 11) is 3.28. The third-order valence-electron chi connectivity index (χ3n) is 6.68. The zero-order valence-corrected chi connectivity index (χ0v) is 23.3. The Balaban J connectivity index is 1.13. The summed E-state index contributed by atoms with van der Waals surface area (Å²) < 4.78 is 10.7. The van der Waals surface area contributed by atoms with Crippen LogP contribution in [0.1, 0.15) is 15.9 Å². The second-order valence-electron chi connectivity index (χ2n) is 9.24. The van der Waals surface area contributed by atoms with Gasteiger partial charge in [-0.25, -0.2) is 0 Å². The monoisotopic (exact) mass is 553 g/mol. The number of rotatable bonds is 11. The van der Waals surface area contributed by atoms with Crippen LogP contribution in [0.2, 0.25) is 0 Å². The van der Waals surface area contributed by atoms with Crippen molar-refractivity contribution in [2.24, 2.45) is 0 Å². The van der Waals surface area contributed by atoms with Gasteiger partial charge in [-0.1, -0.05) is 24.3 Å². The molecule has 1 amide bonds.